The van der Waals surface area contributed by atoms with Crippen molar-refractivity contribution in [3.63, 3.8) is 0 Å². The van der Waals surface area contributed by atoms with Crippen LogP contribution in [-0.2, 0) is 0 Å². The summed E-state index contributed by atoms with van der Waals surface area (Å²) in [6.45, 7) is 0. The first-order valence-electron chi connectivity index (χ1n) is 4.58. The topological polar surface area (TPSA) is 35.8 Å². The lowest BCUT2D eigenvalue weighted by Gasteiger charge is -2.00. The van der Waals surface area contributed by atoms with Gasteiger partial charge in [0.15, 0.2) is 0 Å². The number of benzene rings is 2. The summed E-state index contributed by atoms with van der Waals surface area (Å²) in [5, 5.41) is 14.3. The van der Waals surface area contributed by atoms with Crippen LogP contribution >= 0.6 is 12.2 Å². The number of nitriles is 1. The molecule has 2 aromatic carbocycles. The minimum absolute atomic E-state index is 0.643. The van der Waals surface area contributed by atoms with Crippen molar-refractivity contribution in [2.75, 3.05) is 5.32 Å². The second-order valence-corrected chi connectivity index (χ2v) is 3.87. The maximum atomic E-state index is 9.01. The number of thiocarbonyl (C=S) groups is 1. The quantitative estimate of drug-likeness (QED) is 0.679. The zero-order chi connectivity index (χ0) is 10.4. The Hall–Kier alpha value is -1.92. The number of nitrogens with zero attached hydrogens (tertiary/aromatic N) is 1. The van der Waals surface area contributed by atoms with E-state index in [-0.39, 0.29) is 0 Å². The number of anilines is 1. The maximum absolute atomic E-state index is 9.01. The molecule has 2 aromatic rings. The molecule has 0 aromatic heterocycles. The minimum Gasteiger partial charge on any atom is -0.346 e. The van der Waals surface area contributed by atoms with Gasteiger partial charge in [0, 0.05) is 16.6 Å². The highest BCUT2D eigenvalue weighted by Gasteiger charge is 2.21. The highest BCUT2D eigenvalue weighted by Crippen LogP contribution is 2.34. The molecule has 3 heteroatoms. The van der Waals surface area contributed by atoms with Crippen molar-refractivity contribution in [3.05, 3.63) is 41.5 Å². The summed E-state index contributed by atoms with van der Waals surface area (Å²) in [7, 11) is 0. The van der Waals surface area contributed by atoms with Gasteiger partial charge in [-0.25, -0.2) is 0 Å². The number of hydrogen-bond donors (Lipinski definition) is 1. The van der Waals surface area contributed by atoms with E-state index in [1.54, 1.807) is 0 Å². The molecule has 0 amide bonds. The Bertz CT molecular complexity index is 638. The van der Waals surface area contributed by atoms with Gasteiger partial charge in [-0.2, -0.15) is 5.26 Å². The van der Waals surface area contributed by atoms with Crippen LogP contribution in [0.25, 0.3) is 10.8 Å². The van der Waals surface area contributed by atoms with E-state index >= 15 is 0 Å². The van der Waals surface area contributed by atoms with Crippen molar-refractivity contribution >= 4 is 33.7 Å². The van der Waals surface area contributed by atoms with E-state index in [9.17, 15) is 0 Å². The molecule has 2 nitrogen and oxygen atoms in total. The first-order valence-corrected chi connectivity index (χ1v) is 4.99. The second-order valence-electron chi connectivity index (χ2n) is 3.46. The minimum atomic E-state index is 0.643. The molecule has 0 spiro atoms. The molecule has 0 aliphatic carbocycles. The van der Waals surface area contributed by atoms with Gasteiger partial charge in [-0.15, -0.1) is 0 Å². The third-order valence-electron chi connectivity index (χ3n) is 2.64. The van der Waals surface area contributed by atoms with Gasteiger partial charge in [0.05, 0.1) is 11.6 Å². The zero-order valence-electron chi connectivity index (χ0n) is 7.74. The van der Waals surface area contributed by atoms with Crippen molar-refractivity contribution in [1.29, 1.82) is 5.26 Å². The molecule has 3 rings (SSSR count). The number of hydrogen-bond acceptors (Lipinski definition) is 2. The second kappa shape index (κ2) is 2.78. The van der Waals surface area contributed by atoms with E-state index in [2.05, 4.69) is 11.4 Å². The average Bonchev–Trinajstić information content (AvgIpc) is 2.59. The van der Waals surface area contributed by atoms with Crippen LogP contribution in [0.3, 0.4) is 0 Å². The summed E-state index contributed by atoms with van der Waals surface area (Å²) in [5.74, 6) is 0. The van der Waals surface area contributed by atoms with E-state index in [1.807, 2.05) is 30.3 Å². The van der Waals surface area contributed by atoms with Crippen LogP contribution in [0.4, 0.5) is 5.69 Å². The Morgan fingerprint density at radius 1 is 1.20 bits per heavy atom. The monoisotopic (exact) mass is 210 g/mol. The van der Waals surface area contributed by atoms with Gasteiger partial charge in [-0.1, -0.05) is 30.4 Å². The molecular formula is C12H6N2S. The largest absolute Gasteiger partial charge is 0.346 e. The molecule has 0 atom stereocenters. The number of nitrogens with one attached hydrogen (secondary N) is 1. The van der Waals surface area contributed by atoms with Gasteiger partial charge >= 0.3 is 0 Å². The lowest BCUT2D eigenvalue weighted by Crippen LogP contribution is -2.04. The Morgan fingerprint density at radius 2 is 2.07 bits per heavy atom. The summed E-state index contributed by atoms with van der Waals surface area (Å²) in [6, 6.07) is 11.9. The lowest BCUT2D eigenvalue weighted by molar-refractivity contribution is 1.49. The fraction of sp³-hybridized carbons (Fsp3) is 0. The summed E-state index contributed by atoms with van der Waals surface area (Å²) >= 11 is 5.23. The molecule has 0 fully saturated rings. The highest BCUT2D eigenvalue weighted by atomic mass is 32.1. The van der Waals surface area contributed by atoms with Crippen molar-refractivity contribution in [2.24, 2.45) is 0 Å². The van der Waals surface area contributed by atoms with Crippen LogP contribution in [0.1, 0.15) is 11.1 Å². The van der Waals surface area contributed by atoms with E-state index < -0.39 is 0 Å². The Balaban J connectivity index is 2.57. The van der Waals surface area contributed by atoms with Crippen LogP contribution in [0.5, 0.6) is 0 Å². The molecule has 1 aliphatic rings. The summed E-state index contributed by atoms with van der Waals surface area (Å²) in [6.07, 6.45) is 0. The maximum Gasteiger partial charge on any atom is 0.113 e. The van der Waals surface area contributed by atoms with Crippen LogP contribution < -0.4 is 5.32 Å². The van der Waals surface area contributed by atoms with Crippen molar-refractivity contribution in [1.82, 2.24) is 0 Å². The summed E-state index contributed by atoms with van der Waals surface area (Å²) in [5.41, 5.74) is 2.52. The van der Waals surface area contributed by atoms with Gasteiger partial charge < -0.3 is 5.32 Å². The Morgan fingerprint density at radius 3 is 2.87 bits per heavy atom. The van der Waals surface area contributed by atoms with Crippen LogP contribution in [0.15, 0.2) is 30.3 Å². The fourth-order valence-corrected chi connectivity index (χ4v) is 2.32. The molecule has 1 heterocycles. The van der Waals surface area contributed by atoms with Crippen LogP contribution in [0, 0.1) is 11.3 Å². The summed E-state index contributed by atoms with van der Waals surface area (Å²) in [4.78, 5) is 0.651. The molecule has 0 radical (unpaired) electrons. The highest BCUT2D eigenvalue weighted by molar-refractivity contribution is 7.81. The van der Waals surface area contributed by atoms with Gasteiger partial charge in [0.25, 0.3) is 0 Å². The molecule has 1 aliphatic heterocycles. The third kappa shape index (κ3) is 0.997. The molecule has 1 N–H and O–H groups in total. The standard InChI is InChI=1S/C12H6N2S/c13-6-8-5-4-7-2-1-3-9-10(7)11(8)12(15)14-9/h1-5H,(H,14,15). The van der Waals surface area contributed by atoms with E-state index in [4.69, 9.17) is 17.5 Å². The average molecular weight is 210 g/mol. The molecular weight excluding hydrogens is 204 g/mol. The van der Waals surface area contributed by atoms with E-state index in [1.165, 1.54) is 0 Å². The van der Waals surface area contributed by atoms with Gasteiger partial charge in [0.2, 0.25) is 0 Å². The Kier molecular flexibility index (Phi) is 1.56. The number of rotatable bonds is 0. The van der Waals surface area contributed by atoms with Crippen LogP contribution in [-0.4, -0.2) is 4.99 Å². The summed E-state index contributed by atoms with van der Waals surface area (Å²) < 4.78 is 0. The predicted molar refractivity (Wildman–Crippen MR) is 64.0 cm³/mol. The predicted octanol–water partition coefficient (Wildman–Crippen LogP) is 2.81. The van der Waals surface area contributed by atoms with Gasteiger partial charge in [0.1, 0.15) is 4.99 Å². The van der Waals surface area contributed by atoms with Crippen molar-refractivity contribution < 1.29 is 0 Å². The van der Waals surface area contributed by atoms with E-state index in [0.717, 1.165) is 22.0 Å². The first kappa shape index (κ1) is 8.39. The van der Waals surface area contributed by atoms with Crippen LogP contribution in [0.2, 0.25) is 0 Å². The van der Waals surface area contributed by atoms with Crippen molar-refractivity contribution in [3.8, 4) is 6.07 Å². The lowest BCUT2D eigenvalue weighted by atomic mass is 10.0. The Labute approximate surface area is 92.1 Å². The molecule has 0 saturated carbocycles. The zero-order valence-corrected chi connectivity index (χ0v) is 8.56. The van der Waals surface area contributed by atoms with Gasteiger partial charge in [-0.05, 0) is 17.5 Å². The van der Waals surface area contributed by atoms with Crippen molar-refractivity contribution in [2.45, 2.75) is 0 Å². The third-order valence-corrected chi connectivity index (χ3v) is 2.95. The molecule has 0 unspecified atom stereocenters. The smallest absolute Gasteiger partial charge is 0.113 e. The molecule has 0 saturated heterocycles. The first-order chi connectivity index (χ1) is 7.31. The SMILES string of the molecule is N#Cc1ccc2cccc3c2c1C(=S)N3. The fourth-order valence-electron chi connectivity index (χ4n) is 2.00. The molecule has 15 heavy (non-hydrogen) atoms. The molecule has 70 valence electrons. The van der Waals surface area contributed by atoms with E-state index in [0.29, 0.717) is 10.6 Å². The van der Waals surface area contributed by atoms with Gasteiger partial charge in [-0.3, -0.25) is 0 Å². The normalized spacial score (nSPS) is 12.6. The molecule has 0 bridgehead atoms.